The first-order valence-electron chi connectivity index (χ1n) is 8.91. The summed E-state index contributed by atoms with van der Waals surface area (Å²) in [5, 5.41) is 8.20. The van der Waals surface area contributed by atoms with Gasteiger partial charge in [-0.1, -0.05) is 6.58 Å². The van der Waals surface area contributed by atoms with Crippen LogP contribution in [0, 0.1) is 5.82 Å². The van der Waals surface area contributed by atoms with Gasteiger partial charge in [-0.3, -0.25) is 9.48 Å². The number of nitrogens with zero attached hydrogens (tertiary/aromatic N) is 6. The molecule has 28 heavy (non-hydrogen) atoms. The van der Waals surface area contributed by atoms with E-state index in [-0.39, 0.29) is 23.3 Å². The molecule has 4 rings (SSSR count). The fraction of sp³-hybridized carbons (Fsp3) is 0.368. The van der Waals surface area contributed by atoms with Crippen LogP contribution in [0.1, 0.15) is 19.8 Å². The van der Waals surface area contributed by atoms with Crippen molar-refractivity contribution in [2.45, 2.75) is 31.4 Å². The van der Waals surface area contributed by atoms with Crippen molar-refractivity contribution >= 4 is 11.4 Å². The predicted octanol–water partition coefficient (Wildman–Crippen LogP) is 2.21. The van der Waals surface area contributed by atoms with Crippen molar-refractivity contribution in [1.29, 1.82) is 0 Å². The van der Waals surface area contributed by atoms with Crippen LogP contribution < -0.4 is 4.74 Å². The number of halogens is 1. The Kier molecular flexibility index (Phi) is 4.17. The Bertz CT molecular complexity index is 1070. The predicted molar refractivity (Wildman–Crippen MR) is 100 cm³/mol. The highest BCUT2D eigenvalue weighted by molar-refractivity contribution is 5.87. The highest BCUT2D eigenvalue weighted by Crippen LogP contribution is 2.40. The Labute approximate surface area is 161 Å². The van der Waals surface area contributed by atoms with Crippen LogP contribution in [0.15, 0.2) is 37.4 Å². The van der Waals surface area contributed by atoms with E-state index in [4.69, 9.17) is 4.74 Å². The lowest BCUT2D eigenvalue weighted by Crippen LogP contribution is -2.56. The van der Waals surface area contributed by atoms with Gasteiger partial charge < -0.3 is 9.64 Å². The Morgan fingerprint density at radius 2 is 2.14 bits per heavy atom. The zero-order chi connectivity index (χ0) is 20.1. The molecule has 8 nitrogen and oxygen atoms in total. The van der Waals surface area contributed by atoms with Gasteiger partial charge in [0.25, 0.3) is 0 Å². The van der Waals surface area contributed by atoms with Crippen molar-refractivity contribution in [3.63, 3.8) is 0 Å². The minimum atomic E-state index is -0.557. The van der Waals surface area contributed by atoms with Gasteiger partial charge in [0.15, 0.2) is 11.3 Å². The van der Waals surface area contributed by atoms with Crippen molar-refractivity contribution in [3.05, 3.63) is 43.3 Å². The molecule has 1 amide bonds. The summed E-state index contributed by atoms with van der Waals surface area (Å²) in [5.74, 6) is -0.457. The minimum absolute atomic E-state index is 0.0442. The van der Waals surface area contributed by atoms with Crippen LogP contribution in [-0.2, 0) is 11.8 Å². The summed E-state index contributed by atoms with van der Waals surface area (Å²) < 4.78 is 23.6. The van der Waals surface area contributed by atoms with Gasteiger partial charge in [-0.25, -0.2) is 13.9 Å². The second kappa shape index (κ2) is 6.43. The molecule has 0 saturated heterocycles. The summed E-state index contributed by atoms with van der Waals surface area (Å²) in [6.07, 6.45) is 8.79. The quantitative estimate of drug-likeness (QED) is 0.631. The Morgan fingerprint density at radius 3 is 2.79 bits per heavy atom. The average Bonchev–Trinajstić information content (AvgIpc) is 3.24. The maximum atomic E-state index is 14.3. The van der Waals surface area contributed by atoms with Gasteiger partial charge in [0.1, 0.15) is 5.60 Å². The summed E-state index contributed by atoms with van der Waals surface area (Å²) in [4.78, 5) is 18.0. The van der Waals surface area contributed by atoms with E-state index in [9.17, 15) is 9.18 Å². The summed E-state index contributed by atoms with van der Waals surface area (Å²) in [5.41, 5.74) is 0.987. The van der Waals surface area contributed by atoms with Crippen molar-refractivity contribution < 1.29 is 13.9 Å². The monoisotopic (exact) mass is 384 g/mol. The number of rotatable bonds is 5. The number of ether oxygens (including phenoxy) is 1. The lowest BCUT2D eigenvalue weighted by molar-refractivity contribution is -0.133. The van der Waals surface area contributed by atoms with Crippen LogP contribution in [0.4, 0.5) is 4.39 Å². The van der Waals surface area contributed by atoms with Gasteiger partial charge in [-0.2, -0.15) is 10.2 Å². The first kappa shape index (κ1) is 18.1. The van der Waals surface area contributed by atoms with Gasteiger partial charge in [0.05, 0.1) is 24.3 Å². The van der Waals surface area contributed by atoms with Crippen LogP contribution in [-0.4, -0.2) is 53.9 Å². The van der Waals surface area contributed by atoms with Crippen LogP contribution in [0.2, 0.25) is 0 Å². The number of hydrogen-bond donors (Lipinski definition) is 0. The van der Waals surface area contributed by atoms with Gasteiger partial charge in [0.2, 0.25) is 11.8 Å². The van der Waals surface area contributed by atoms with E-state index in [1.165, 1.54) is 10.6 Å². The minimum Gasteiger partial charge on any atom is -0.470 e. The molecular formula is C19H21FN6O2. The molecule has 1 aliphatic carbocycles. The molecule has 1 aliphatic rings. The van der Waals surface area contributed by atoms with E-state index in [1.807, 2.05) is 20.2 Å². The number of fused-ring (bicyclic) bond motifs is 1. The van der Waals surface area contributed by atoms with Gasteiger partial charge in [-0.05, 0) is 13.0 Å². The van der Waals surface area contributed by atoms with E-state index in [0.717, 1.165) is 11.8 Å². The lowest BCUT2D eigenvalue weighted by atomic mass is 9.76. The van der Waals surface area contributed by atoms with Crippen molar-refractivity contribution in [2.24, 2.45) is 7.05 Å². The molecule has 3 aromatic rings. The molecule has 3 heterocycles. The molecule has 0 atom stereocenters. The third-order valence-electron chi connectivity index (χ3n) is 5.17. The normalized spacial score (nSPS) is 21.4. The summed E-state index contributed by atoms with van der Waals surface area (Å²) in [6.45, 7) is 5.44. The standard InChI is InChI=1S/C19H21FN6O2/c1-5-16(27)25(4)13-6-19(2,7-13)28-18-17-14(20)9-22-26(17)11-15(23-18)12-8-21-24(3)10-12/h5,8-11,13H,1,6-7H2,2-4H3/t13-,19+. The highest BCUT2D eigenvalue weighted by atomic mass is 19.1. The second-order valence-corrected chi connectivity index (χ2v) is 7.39. The Balaban J connectivity index is 1.64. The molecule has 1 saturated carbocycles. The largest absolute Gasteiger partial charge is 0.470 e. The van der Waals surface area contributed by atoms with E-state index in [2.05, 4.69) is 21.8 Å². The van der Waals surface area contributed by atoms with Crippen LogP contribution >= 0.6 is 0 Å². The highest BCUT2D eigenvalue weighted by Gasteiger charge is 2.46. The molecule has 146 valence electrons. The maximum absolute atomic E-state index is 14.3. The molecule has 0 bridgehead atoms. The van der Waals surface area contributed by atoms with Gasteiger partial charge >= 0.3 is 0 Å². The molecular weight excluding hydrogens is 363 g/mol. The van der Waals surface area contributed by atoms with Crippen molar-refractivity contribution in [1.82, 2.24) is 29.3 Å². The maximum Gasteiger partial charge on any atom is 0.245 e. The van der Waals surface area contributed by atoms with Crippen molar-refractivity contribution in [2.75, 3.05) is 7.05 Å². The van der Waals surface area contributed by atoms with Gasteiger partial charge in [-0.15, -0.1) is 0 Å². The molecule has 3 aromatic heterocycles. The lowest BCUT2D eigenvalue weighted by Gasteiger charge is -2.48. The summed E-state index contributed by atoms with van der Waals surface area (Å²) in [7, 11) is 3.55. The SMILES string of the molecule is C=CC(=O)N(C)[C@H]1C[C@@](C)(Oc2nc(-c3cnn(C)c3)cn3ncc(F)c23)C1. The van der Waals surface area contributed by atoms with E-state index < -0.39 is 11.4 Å². The first-order valence-corrected chi connectivity index (χ1v) is 8.91. The number of amides is 1. The molecule has 1 fully saturated rings. The summed E-state index contributed by atoms with van der Waals surface area (Å²) >= 11 is 0. The number of aryl methyl sites for hydroxylation is 1. The van der Waals surface area contributed by atoms with Crippen LogP contribution in [0.25, 0.3) is 16.8 Å². The van der Waals surface area contributed by atoms with E-state index in [1.54, 1.807) is 29.0 Å². The number of carbonyl (C=O) groups is 1. The molecule has 0 aromatic carbocycles. The average molecular weight is 384 g/mol. The second-order valence-electron chi connectivity index (χ2n) is 7.39. The first-order chi connectivity index (χ1) is 13.3. The molecule has 0 radical (unpaired) electrons. The zero-order valence-corrected chi connectivity index (χ0v) is 16.0. The molecule has 0 unspecified atom stereocenters. The van der Waals surface area contributed by atoms with Crippen LogP contribution in [0.5, 0.6) is 5.88 Å². The molecule has 0 aliphatic heterocycles. The fourth-order valence-electron chi connectivity index (χ4n) is 3.56. The molecule has 0 spiro atoms. The fourth-order valence-corrected chi connectivity index (χ4v) is 3.56. The van der Waals surface area contributed by atoms with E-state index in [0.29, 0.717) is 18.5 Å². The van der Waals surface area contributed by atoms with Gasteiger partial charge in [0, 0.05) is 44.7 Å². The number of likely N-dealkylation sites (N-methyl/N-ethyl adjacent to an activating group) is 1. The third-order valence-corrected chi connectivity index (χ3v) is 5.17. The summed E-state index contributed by atoms with van der Waals surface area (Å²) in [6, 6.07) is 0.0442. The molecule has 0 N–H and O–H groups in total. The number of hydrogen-bond acceptors (Lipinski definition) is 5. The number of aromatic nitrogens is 5. The smallest absolute Gasteiger partial charge is 0.245 e. The zero-order valence-electron chi connectivity index (χ0n) is 16.0. The molecule has 9 heteroatoms. The number of carbonyl (C=O) groups excluding carboxylic acids is 1. The Morgan fingerprint density at radius 1 is 1.39 bits per heavy atom. The third kappa shape index (κ3) is 3.02. The van der Waals surface area contributed by atoms with Crippen molar-refractivity contribution in [3.8, 4) is 17.1 Å². The van der Waals surface area contributed by atoms with E-state index >= 15 is 0 Å². The topological polar surface area (TPSA) is 77.6 Å². The Hall–Kier alpha value is -3.23. The van der Waals surface area contributed by atoms with Crippen LogP contribution in [0.3, 0.4) is 0 Å².